The lowest BCUT2D eigenvalue weighted by atomic mass is 10.3. The molecule has 0 bridgehead atoms. The van der Waals surface area contributed by atoms with Crippen molar-refractivity contribution in [2.45, 2.75) is 24.6 Å². The van der Waals surface area contributed by atoms with E-state index in [0.29, 0.717) is 10.4 Å². The van der Waals surface area contributed by atoms with Gasteiger partial charge >= 0.3 is 0 Å². The number of para-hydroxylation sites is 1. The van der Waals surface area contributed by atoms with Gasteiger partial charge in [-0.25, -0.2) is 12.8 Å². The predicted octanol–water partition coefficient (Wildman–Crippen LogP) is 4.15. The van der Waals surface area contributed by atoms with E-state index in [4.69, 9.17) is 11.6 Å². The van der Waals surface area contributed by atoms with Crippen LogP contribution < -0.4 is 4.31 Å². The number of sulfonamides is 1. The van der Waals surface area contributed by atoms with Gasteiger partial charge < -0.3 is 0 Å². The van der Waals surface area contributed by atoms with E-state index in [0.717, 1.165) is 4.31 Å². The Bertz CT molecular complexity index is 743. The van der Waals surface area contributed by atoms with E-state index in [1.54, 1.807) is 25.3 Å². The number of halogens is 2. The summed E-state index contributed by atoms with van der Waals surface area (Å²) < 4.78 is 40.8. The molecule has 0 spiro atoms. The summed E-state index contributed by atoms with van der Waals surface area (Å²) in [6.45, 7) is 3.53. The minimum absolute atomic E-state index is 0.0473. The molecule has 0 radical (unpaired) electrons. The summed E-state index contributed by atoms with van der Waals surface area (Å²) in [7, 11) is -3.84. The lowest BCUT2D eigenvalue weighted by Gasteiger charge is -2.24. The van der Waals surface area contributed by atoms with Gasteiger partial charge in [-0.2, -0.15) is 0 Å². The summed E-state index contributed by atoms with van der Waals surface area (Å²) >= 11 is 7.13. The highest BCUT2D eigenvalue weighted by Gasteiger charge is 2.30. The van der Waals surface area contributed by atoms with Gasteiger partial charge in [-0.15, -0.1) is 22.9 Å². The molecule has 0 aliphatic carbocycles. The number of hydrogen-bond donors (Lipinski definition) is 0. The van der Waals surface area contributed by atoms with E-state index >= 15 is 0 Å². The van der Waals surface area contributed by atoms with Crippen molar-refractivity contribution in [2.75, 3.05) is 10.8 Å². The molecule has 0 aliphatic heterocycles. The number of anilines is 1. The Kier molecular flexibility index (Phi) is 4.91. The molecule has 1 aromatic carbocycles. The fraction of sp³-hybridized carbons (Fsp3) is 0.286. The molecule has 0 amide bonds. The molecular formula is C14H15ClFNO2S2. The molecule has 0 aliphatic rings. The van der Waals surface area contributed by atoms with Crippen LogP contribution in [-0.4, -0.2) is 15.0 Å². The lowest BCUT2D eigenvalue weighted by molar-refractivity contribution is 0.585. The number of benzene rings is 1. The fourth-order valence-corrected chi connectivity index (χ4v) is 5.66. The molecule has 7 heteroatoms. The van der Waals surface area contributed by atoms with Gasteiger partial charge in [-0.1, -0.05) is 12.1 Å². The van der Waals surface area contributed by atoms with Crippen LogP contribution in [0.3, 0.4) is 0 Å². The molecule has 0 saturated heterocycles. The van der Waals surface area contributed by atoms with Gasteiger partial charge in [0.05, 0.1) is 11.6 Å². The van der Waals surface area contributed by atoms with E-state index in [2.05, 4.69) is 0 Å². The molecule has 0 fully saturated rings. The average Bonchev–Trinajstić information content (AvgIpc) is 2.83. The maximum absolute atomic E-state index is 14.0. The first-order valence-electron chi connectivity index (χ1n) is 6.33. The van der Waals surface area contributed by atoms with Crippen LogP contribution in [0.4, 0.5) is 10.1 Å². The Morgan fingerprint density at radius 3 is 2.57 bits per heavy atom. The third-order valence-electron chi connectivity index (χ3n) is 3.07. The van der Waals surface area contributed by atoms with E-state index < -0.39 is 15.8 Å². The van der Waals surface area contributed by atoms with E-state index in [1.165, 1.54) is 29.5 Å². The predicted molar refractivity (Wildman–Crippen MR) is 85.2 cm³/mol. The van der Waals surface area contributed by atoms with E-state index in [9.17, 15) is 12.8 Å². The number of nitrogens with zero attached hydrogens (tertiary/aromatic N) is 1. The summed E-state index contributed by atoms with van der Waals surface area (Å²) in [5.41, 5.74) is 0.677. The number of alkyl halides is 1. The zero-order chi connectivity index (χ0) is 15.6. The maximum atomic E-state index is 14.0. The number of rotatable bonds is 5. The molecule has 114 valence electrons. The molecule has 3 nitrogen and oxygen atoms in total. The minimum Gasteiger partial charge on any atom is -0.264 e. The van der Waals surface area contributed by atoms with Gasteiger partial charge in [-0.3, -0.25) is 4.31 Å². The zero-order valence-electron chi connectivity index (χ0n) is 11.6. The average molecular weight is 348 g/mol. The second kappa shape index (κ2) is 6.34. The van der Waals surface area contributed by atoms with Crippen LogP contribution in [0.1, 0.15) is 17.4 Å². The van der Waals surface area contributed by atoms with Gasteiger partial charge in [0.2, 0.25) is 0 Å². The maximum Gasteiger partial charge on any atom is 0.265 e. The molecule has 0 N–H and O–H groups in total. The van der Waals surface area contributed by atoms with Gasteiger partial charge in [0.25, 0.3) is 10.0 Å². The molecule has 1 aromatic heterocycles. The van der Waals surface area contributed by atoms with Crippen molar-refractivity contribution in [3.8, 4) is 0 Å². The topological polar surface area (TPSA) is 37.4 Å². The number of hydrogen-bond acceptors (Lipinski definition) is 3. The van der Waals surface area contributed by atoms with Crippen molar-refractivity contribution < 1.29 is 12.8 Å². The highest BCUT2D eigenvalue weighted by molar-refractivity contribution is 7.93. The third-order valence-corrected chi connectivity index (χ3v) is 6.85. The number of thiophene rings is 1. The van der Waals surface area contributed by atoms with Crippen LogP contribution in [0.5, 0.6) is 0 Å². The van der Waals surface area contributed by atoms with Crippen LogP contribution in [0, 0.1) is 12.7 Å². The van der Waals surface area contributed by atoms with Crippen LogP contribution >= 0.6 is 22.9 Å². The summed E-state index contributed by atoms with van der Waals surface area (Å²) in [4.78, 5) is 0.761. The number of aryl methyl sites for hydroxylation is 1. The van der Waals surface area contributed by atoms with E-state index in [1.807, 2.05) is 0 Å². The third kappa shape index (κ3) is 2.93. The molecule has 2 rings (SSSR count). The van der Waals surface area contributed by atoms with Crippen molar-refractivity contribution in [1.29, 1.82) is 0 Å². The van der Waals surface area contributed by atoms with Gasteiger partial charge in [0.15, 0.2) is 0 Å². The van der Waals surface area contributed by atoms with Gasteiger partial charge in [0.1, 0.15) is 10.7 Å². The minimum atomic E-state index is -3.84. The first kappa shape index (κ1) is 16.3. The molecule has 0 unspecified atom stereocenters. The molecule has 2 aromatic rings. The molecule has 0 atom stereocenters. The normalized spacial score (nSPS) is 11.6. The summed E-state index contributed by atoms with van der Waals surface area (Å²) in [5, 5.41) is 1.75. The smallest absolute Gasteiger partial charge is 0.264 e. The second-order valence-electron chi connectivity index (χ2n) is 4.43. The Hall–Kier alpha value is -1.11. The molecule has 1 heterocycles. The highest BCUT2D eigenvalue weighted by atomic mass is 35.5. The molecule has 21 heavy (non-hydrogen) atoms. The van der Waals surface area contributed by atoms with Crippen LogP contribution in [0.25, 0.3) is 0 Å². The Morgan fingerprint density at radius 1 is 1.33 bits per heavy atom. The summed E-state index contributed by atoms with van der Waals surface area (Å²) in [6, 6.07) is 5.84. The van der Waals surface area contributed by atoms with Gasteiger partial charge in [-0.05, 0) is 36.9 Å². The highest BCUT2D eigenvalue weighted by Crippen LogP contribution is 2.33. The van der Waals surface area contributed by atoms with E-state index in [-0.39, 0.29) is 23.0 Å². The second-order valence-corrected chi connectivity index (χ2v) is 7.46. The zero-order valence-corrected chi connectivity index (χ0v) is 14.0. The molecular weight excluding hydrogens is 333 g/mol. The van der Waals surface area contributed by atoms with Crippen LogP contribution in [-0.2, 0) is 15.9 Å². The molecule has 0 saturated carbocycles. The summed E-state index contributed by atoms with van der Waals surface area (Å²) in [6.07, 6.45) is 0. The van der Waals surface area contributed by atoms with Crippen molar-refractivity contribution in [1.82, 2.24) is 0 Å². The van der Waals surface area contributed by atoms with Gasteiger partial charge in [0, 0.05) is 11.4 Å². The Labute approximate surface area is 133 Å². The Morgan fingerprint density at radius 2 is 2.00 bits per heavy atom. The fourth-order valence-electron chi connectivity index (χ4n) is 2.16. The standard InChI is InChI=1S/C14H15ClFNO2S2/c1-3-17(12-7-5-4-6-11(12)16)21(18,19)14-10(2)9-20-13(14)8-15/h4-7,9H,3,8H2,1-2H3. The first-order valence-corrected chi connectivity index (χ1v) is 9.19. The van der Waals surface area contributed by atoms with Crippen LogP contribution in [0.15, 0.2) is 34.5 Å². The van der Waals surface area contributed by atoms with Crippen molar-refractivity contribution in [3.63, 3.8) is 0 Å². The lowest BCUT2D eigenvalue weighted by Crippen LogP contribution is -2.32. The van der Waals surface area contributed by atoms with Crippen LogP contribution in [0.2, 0.25) is 0 Å². The summed E-state index contributed by atoms with van der Waals surface area (Å²) in [5.74, 6) is -0.453. The monoisotopic (exact) mass is 347 g/mol. The van der Waals surface area contributed by atoms with Crippen molar-refractivity contribution in [3.05, 3.63) is 45.9 Å². The first-order chi connectivity index (χ1) is 9.93. The largest absolute Gasteiger partial charge is 0.265 e. The van der Waals surface area contributed by atoms with Crippen molar-refractivity contribution >= 4 is 38.6 Å². The van der Waals surface area contributed by atoms with Crippen molar-refractivity contribution in [2.24, 2.45) is 0 Å². The SMILES string of the molecule is CCN(c1ccccc1F)S(=O)(=O)c1c(C)csc1CCl. The Balaban J connectivity index is 2.61. The quantitative estimate of drug-likeness (QED) is 0.762.